The van der Waals surface area contributed by atoms with Crippen molar-refractivity contribution >= 4 is 75.3 Å². The van der Waals surface area contributed by atoms with Crippen LogP contribution in [0.4, 0.5) is 11.4 Å². The van der Waals surface area contributed by atoms with Gasteiger partial charge in [-0.15, -0.1) is 11.3 Å². The van der Waals surface area contributed by atoms with E-state index in [9.17, 15) is 29.5 Å². The van der Waals surface area contributed by atoms with E-state index in [2.05, 4.69) is 15.6 Å². The molecule has 3 aromatic carbocycles. The average Bonchev–Trinajstić information content (AvgIpc) is 4.01. The number of nitrogens with one attached hydrogen (secondary N) is 2. The third-order valence-electron chi connectivity index (χ3n) is 11.3. The summed E-state index contributed by atoms with van der Waals surface area (Å²) in [6.07, 6.45) is 3.13. The van der Waals surface area contributed by atoms with E-state index in [1.165, 1.54) is 9.80 Å². The summed E-state index contributed by atoms with van der Waals surface area (Å²) in [7, 11) is 0. The third kappa shape index (κ3) is 12.3. The second kappa shape index (κ2) is 22.3. The molecular weight excluding hydrogens is 902 g/mol. The molecule has 0 aliphatic carbocycles. The largest absolute Gasteiger partial charge is 0.494 e. The number of likely N-dealkylation sites (tertiary alicyclic amines) is 1. The first-order valence-electron chi connectivity index (χ1n) is 21.8. The first kappa shape index (κ1) is 49.9. The molecule has 3 N–H and O–H groups in total. The molecule has 18 heteroatoms. The van der Waals surface area contributed by atoms with Crippen LogP contribution in [0.25, 0.3) is 10.4 Å². The van der Waals surface area contributed by atoms with Gasteiger partial charge in [0.25, 0.3) is 5.91 Å². The molecule has 2 aliphatic heterocycles. The summed E-state index contributed by atoms with van der Waals surface area (Å²) in [4.78, 5) is 63.5. The molecule has 2 fully saturated rings. The number of amides is 4. The van der Waals surface area contributed by atoms with E-state index >= 15 is 0 Å². The molecule has 350 valence electrons. The van der Waals surface area contributed by atoms with Gasteiger partial charge in [-0.25, -0.2) is 0 Å². The van der Waals surface area contributed by atoms with E-state index in [0.717, 1.165) is 34.5 Å². The van der Waals surface area contributed by atoms with Gasteiger partial charge in [-0.3, -0.25) is 29.1 Å². The Kier molecular flexibility index (Phi) is 16.9. The molecule has 0 radical (unpaired) electrons. The molecule has 4 aromatic rings. The van der Waals surface area contributed by atoms with Gasteiger partial charge in [0.05, 0.1) is 39.4 Å². The monoisotopic (exact) mass is 957 g/mol. The molecule has 2 aliphatic rings. The Morgan fingerprint density at radius 3 is 2.35 bits per heavy atom. The van der Waals surface area contributed by atoms with Gasteiger partial charge >= 0.3 is 0 Å². The minimum Gasteiger partial charge on any atom is -0.494 e. The minimum absolute atomic E-state index is 0.0146. The van der Waals surface area contributed by atoms with Crippen molar-refractivity contribution in [1.29, 1.82) is 5.26 Å². The Labute approximate surface area is 400 Å². The number of β-amino-alcohol motifs (C(OH)–C–C–N with tert-alkyl or cyclic N) is 1. The third-order valence-corrected chi connectivity index (χ3v) is 12.8. The van der Waals surface area contributed by atoms with Crippen LogP contribution in [-0.2, 0) is 35.2 Å². The highest BCUT2D eigenvalue weighted by Gasteiger charge is 2.50. The van der Waals surface area contributed by atoms with E-state index in [0.29, 0.717) is 48.4 Å². The summed E-state index contributed by atoms with van der Waals surface area (Å²) in [5.41, 5.74) is 3.57. The number of nitrogens with zero attached hydrogens (tertiary/aromatic N) is 5. The number of hydrogen-bond acceptors (Lipinski definition) is 12. The quantitative estimate of drug-likeness (QED) is 0.0634. The highest BCUT2D eigenvalue weighted by atomic mass is 35.5. The Morgan fingerprint density at radius 1 is 1.00 bits per heavy atom. The number of rotatable bonds is 20. The maximum absolute atomic E-state index is 13.9. The van der Waals surface area contributed by atoms with Gasteiger partial charge in [0.2, 0.25) is 17.7 Å². The van der Waals surface area contributed by atoms with Gasteiger partial charge < -0.3 is 39.8 Å². The van der Waals surface area contributed by atoms with Gasteiger partial charge in [-0.1, -0.05) is 56.6 Å². The number of aliphatic hydroxyl groups excluding tert-OH is 1. The Bertz CT molecular complexity index is 2390. The fraction of sp³-hybridized carbons (Fsp3) is 0.438. The predicted octanol–water partition coefficient (Wildman–Crippen LogP) is 6.64. The SMILES string of the molecule is CC(C)(C)C(NC(=O)COCCCOCCCCOc1ccc(N2C(=S)N(c3ccc(C#N)c(Cl)c3)C(=O)C2(C)C)cc1)C(=O)N1C[C@H](O)C[C@H]1C(=O)NCc1ccc(-c2cncs2)cc1. The van der Waals surface area contributed by atoms with Crippen molar-refractivity contribution in [3.05, 3.63) is 94.6 Å². The maximum atomic E-state index is 13.9. The summed E-state index contributed by atoms with van der Waals surface area (Å²) in [5.74, 6) is -0.815. The smallest absolute Gasteiger partial charge is 0.259 e. The number of ether oxygens (including phenoxy) is 3. The molecule has 1 unspecified atom stereocenters. The van der Waals surface area contributed by atoms with Crippen LogP contribution in [-0.4, -0.2) is 107 Å². The lowest BCUT2D eigenvalue weighted by atomic mass is 9.85. The van der Waals surface area contributed by atoms with Crippen LogP contribution in [0.5, 0.6) is 5.75 Å². The van der Waals surface area contributed by atoms with Crippen LogP contribution >= 0.6 is 35.2 Å². The zero-order chi connectivity index (χ0) is 47.6. The van der Waals surface area contributed by atoms with Gasteiger partial charge in [0, 0.05) is 51.2 Å². The predicted molar refractivity (Wildman–Crippen MR) is 257 cm³/mol. The number of benzene rings is 3. The number of carbonyl (C=O) groups is 4. The van der Waals surface area contributed by atoms with Crippen LogP contribution in [0.15, 0.2) is 78.4 Å². The molecule has 4 amide bonds. The molecule has 15 nitrogen and oxygen atoms in total. The second-order valence-electron chi connectivity index (χ2n) is 17.7. The zero-order valence-electron chi connectivity index (χ0n) is 37.8. The van der Waals surface area contributed by atoms with Crippen molar-refractivity contribution in [3.63, 3.8) is 0 Å². The number of thiocarbonyl (C=S) groups is 1. The highest BCUT2D eigenvalue weighted by Crippen LogP contribution is 2.38. The topological polar surface area (TPSA) is 187 Å². The number of unbranched alkanes of at least 4 members (excludes halogenated alkanes) is 1. The lowest BCUT2D eigenvalue weighted by molar-refractivity contribution is -0.144. The number of aliphatic hydroxyl groups is 1. The average molecular weight is 959 g/mol. The van der Waals surface area contributed by atoms with Crippen molar-refractivity contribution in [2.75, 3.05) is 49.4 Å². The van der Waals surface area contributed by atoms with E-state index in [4.69, 9.17) is 38.0 Å². The minimum atomic E-state index is -0.968. The van der Waals surface area contributed by atoms with Crippen molar-refractivity contribution in [3.8, 4) is 22.3 Å². The Balaban J connectivity index is 0.854. The van der Waals surface area contributed by atoms with Crippen LogP contribution in [0, 0.1) is 16.7 Å². The number of aromatic nitrogens is 1. The molecule has 2 saturated heterocycles. The number of thiazole rings is 1. The molecule has 0 spiro atoms. The summed E-state index contributed by atoms with van der Waals surface area (Å²) in [5, 5.41) is 26.0. The van der Waals surface area contributed by atoms with Crippen molar-refractivity contribution < 1.29 is 38.5 Å². The second-order valence-corrected chi connectivity index (χ2v) is 19.4. The Morgan fingerprint density at radius 2 is 1.68 bits per heavy atom. The highest BCUT2D eigenvalue weighted by molar-refractivity contribution is 7.81. The van der Waals surface area contributed by atoms with Crippen molar-refractivity contribution in [2.45, 2.75) is 90.6 Å². The van der Waals surface area contributed by atoms with Gasteiger partial charge in [-0.05, 0) is 104 Å². The number of hydrogen-bond donors (Lipinski definition) is 3. The summed E-state index contributed by atoms with van der Waals surface area (Å²) >= 11 is 13.6. The van der Waals surface area contributed by atoms with Crippen molar-refractivity contribution in [1.82, 2.24) is 20.5 Å². The summed E-state index contributed by atoms with van der Waals surface area (Å²) in [6.45, 7) is 10.8. The van der Waals surface area contributed by atoms with E-state index in [1.807, 2.05) is 75.4 Å². The normalized spacial score (nSPS) is 17.5. The van der Waals surface area contributed by atoms with E-state index in [-0.39, 0.29) is 49.6 Å². The van der Waals surface area contributed by atoms with Gasteiger partial charge in [-0.2, -0.15) is 5.26 Å². The first-order valence-corrected chi connectivity index (χ1v) is 23.5. The Hall–Kier alpha value is -5.48. The number of halogens is 1. The standard InChI is InChI=1S/C48H56ClN7O8S2/c1-47(2,3)42(44(60)54-28-36(57)24-39(54)43(59)52-26-31-9-11-32(12-10-31)40-27-51-30-66-40)53-41(58)29-63-21-8-20-62-19-6-7-22-64-37-17-15-34(16-18-37)56-46(65)55(45(61)48(56,4)5)35-14-13-33(25-50)38(49)23-35/h9-18,23,27,30,36,39,42,57H,6-8,19-22,24,26,28-29H2,1-5H3,(H,52,59)(H,53,58)/t36-,39+,42?/m1/s1. The van der Waals surface area contributed by atoms with Gasteiger partial charge in [0.1, 0.15) is 36.0 Å². The summed E-state index contributed by atoms with van der Waals surface area (Å²) in [6, 6.07) is 20.1. The molecule has 3 heterocycles. The molecule has 0 bridgehead atoms. The maximum Gasteiger partial charge on any atom is 0.259 e. The summed E-state index contributed by atoms with van der Waals surface area (Å²) < 4.78 is 17.3. The van der Waals surface area contributed by atoms with Crippen LogP contribution < -0.4 is 25.2 Å². The number of anilines is 2. The fourth-order valence-electron chi connectivity index (χ4n) is 7.68. The number of carbonyl (C=O) groups excluding carboxylic acids is 4. The van der Waals surface area contributed by atoms with E-state index in [1.54, 1.807) is 60.0 Å². The lowest BCUT2D eigenvalue weighted by Gasteiger charge is -2.35. The van der Waals surface area contributed by atoms with Crippen LogP contribution in [0.2, 0.25) is 5.02 Å². The lowest BCUT2D eigenvalue weighted by Crippen LogP contribution is -2.58. The molecule has 66 heavy (non-hydrogen) atoms. The molecule has 6 rings (SSSR count). The van der Waals surface area contributed by atoms with Crippen molar-refractivity contribution in [2.24, 2.45) is 5.41 Å². The number of nitriles is 1. The van der Waals surface area contributed by atoms with Crippen LogP contribution in [0.1, 0.15) is 71.4 Å². The van der Waals surface area contributed by atoms with E-state index < -0.39 is 41.0 Å². The fourth-order valence-corrected chi connectivity index (χ4v) is 9.05. The molecule has 0 saturated carbocycles. The molecule has 3 atom stereocenters. The molecular formula is C48H56ClN7O8S2. The molecule has 1 aromatic heterocycles. The first-order chi connectivity index (χ1) is 31.5. The van der Waals surface area contributed by atoms with Gasteiger partial charge in [0.15, 0.2) is 5.11 Å². The van der Waals surface area contributed by atoms with Crippen LogP contribution in [0.3, 0.4) is 0 Å². The zero-order valence-corrected chi connectivity index (χ0v) is 40.1.